The van der Waals surface area contributed by atoms with Crippen molar-refractivity contribution < 1.29 is 4.42 Å². The van der Waals surface area contributed by atoms with Gasteiger partial charge in [0.1, 0.15) is 5.76 Å². The van der Waals surface area contributed by atoms with Gasteiger partial charge in [-0.25, -0.2) is 4.98 Å². The van der Waals surface area contributed by atoms with Gasteiger partial charge in [0.2, 0.25) is 0 Å². The Morgan fingerprint density at radius 2 is 2.00 bits per heavy atom. The molecular formula is C12H11ClN4O. The number of rotatable bonds is 1. The third-order valence-electron chi connectivity index (χ3n) is 3.07. The predicted octanol–water partition coefficient (Wildman–Crippen LogP) is 2.96. The molecule has 0 bridgehead atoms. The highest BCUT2D eigenvalue weighted by Crippen LogP contribution is 2.26. The maximum atomic E-state index is 6.09. The fraction of sp³-hybridized carbons (Fsp3) is 0.250. The summed E-state index contributed by atoms with van der Waals surface area (Å²) >= 11 is 6.09. The first-order chi connectivity index (χ1) is 8.59. The highest BCUT2D eigenvalue weighted by atomic mass is 35.5. The highest BCUT2D eigenvalue weighted by molar-refractivity contribution is 6.32. The maximum absolute atomic E-state index is 6.09. The molecule has 5 nitrogen and oxygen atoms in total. The minimum absolute atomic E-state index is 0.359. The van der Waals surface area contributed by atoms with Crippen LogP contribution >= 0.6 is 11.6 Å². The Morgan fingerprint density at radius 3 is 2.67 bits per heavy atom. The number of halogens is 1. The predicted molar refractivity (Wildman–Crippen MR) is 67.7 cm³/mol. The Labute approximate surface area is 108 Å². The van der Waals surface area contributed by atoms with Crippen LogP contribution in [0, 0.1) is 20.8 Å². The summed E-state index contributed by atoms with van der Waals surface area (Å²) in [5.74, 6) is 1.52. The summed E-state index contributed by atoms with van der Waals surface area (Å²) < 4.78 is 7.21. The Hall–Kier alpha value is -1.88. The Kier molecular flexibility index (Phi) is 2.38. The maximum Gasteiger partial charge on any atom is 0.199 e. The first-order valence-corrected chi connectivity index (χ1v) is 5.89. The number of hydrogen-bond donors (Lipinski definition) is 0. The van der Waals surface area contributed by atoms with E-state index in [4.69, 9.17) is 16.0 Å². The lowest BCUT2D eigenvalue weighted by molar-refractivity contribution is 0.535. The molecule has 0 aliphatic heterocycles. The van der Waals surface area contributed by atoms with Gasteiger partial charge in [0.15, 0.2) is 16.6 Å². The molecule has 0 atom stereocenters. The molecule has 0 saturated carbocycles. The average molecular weight is 263 g/mol. The lowest BCUT2D eigenvalue weighted by Crippen LogP contribution is -2.00. The second-order valence-electron chi connectivity index (χ2n) is 4.15. The van der Waals surface area contributed by atoms with Crippen molar-refractivity contribution in [3.05, 3.63) is 34.6 Å². The van der Waals surface area contributed by atoms with E-state index in [1.54, 1.807) is 6.26 Å². The third-order valence-corrected chi connectivity index (χ3v) is 3.33. The molecule has 0 amide bonds. The molecule has 0 aliphatic carbocycles. The summed E-state index contributed by atoms with van der Waals surface area (Å²) in [6.45, 7) is 5.77. The second kappa shape index (κ2) is 3.81. The summed E-state index contributed by atoms with van der Waals surface area (Å²) in [6, 6.07) is 1.87. The number of aromatic nitrogens is 4. The van der Waals surface area contributed by atoms with E-state index in [0.717, 1.165) is 28.5 Å². The van der Waals surface area contributed by atoms with Crippen LogP contribution in [0.2, 0.25) is 5.15 Å². The van der Waals surface area contributed by atoms with Gasteiger partial charge in [-0.1, -0.05) is 11.6 Å². The number of aryl methyl sites for hydroxylation is 3. The molecule has 6 heteroatoms. The fourth-order valence-electron chi connectivity index (χ4n) is 1.97. The van der Waals surface area contributed by atoms with E-state index >= 15 is 0 Å². The van der Waals surface area contributed by atoms with E-state index in [-0.39, 0.29) is 0 Å². The van der Waals surface area contributed by atoms with Gasteiger partial charge < -0.3 is 4.42 Å². The molecule has 0 N–H and O–H groups in total. The largest absolute Gasteiger partial charge is 0.469 e. The van der Waals surface area contributed by atoms with Gasteiger partial charge in [-0.05, 0) is 26.8 Å². The lowest BCUT2D eigenvalue weighted by Gasteiger charge is -2.06. The standard InChI is InChI=1S/C12H11ClN4O/c1-6-7(2)17-11(9-4-5-18-8(9)3)15-16-12(17)10(13)14-6/h4-5H,1-3H3. The molecular weight excluding hydrogens is 252 g/mol. The first-order valence-electron chi connectivity index (χ1n) is 5.52. The monoisotopic (exact) mass is 262 g/mol. The summed E-state index contributed by atoms with van der Waals surface area (Å²) in [7, 11) is 0. The van der Waals surface area contributed by atoms with Gasteiger partial charge in [-0.3, -0.25) is 4.40 Å². The summed E-state index contributed by atoms with van der Waals surface area (Å²) in [5, 5.41) is 8.64. The van der Waals surface area contributed by atoms with E-state index in [9.17, 15) is 0 Å². The zero-order chi connectivity index (χ0) is 12.9. The van der Waals surface area contributed by atoms with Crippen LogP contribution in [0.25, 0.3) is 17.0 Å². The molecule has 3 aromatic heterocycles. The van der Waals surface area contributed by atoms with Crippen LogP contribution in [0.4, 0.5) is 0 Å². The van der Waals surface area contributed by atoms with Crippen molar-refractivity contribution in [2.75, 3.05) is 0 Å². The Balaban J connectivity index is 2.42. The molecule has 92 valence electrons. The van der Waals surface area contributed by atoms with Gasteiger partial charge in [0.05, 0.1) is 17.5 Å². The number of fused-ring (bicyclic) bond motifs is 1. The number of hydrogen-bond acceptors (Lipinski definition) is 4. The van der Waals surface area contributed by atoms with E-state index in [0.29, 0.717) is 10.8 Å². The van der Waals surface area contributed by atoms with Crippen molar-refractivity contribution in [2.24, 2.45) is 0 Å². The van der Waals surface area contributed by atoms with Crippen LogP contribution < -0.4 is 0 Å². The van der Waals surface area contributed by atoms with E-state index < -0.39 is 0 Å². The Bertz CT molecular complexity index is 744. The minimum Gasteiger partial charge on any atom is -0.469 e. The van der Waals surface area contributed by atoms with Gasteiger partial charge in [-0.2, -0.15) is 0 Å². The molecule has 0 saturated heterocycles. The Morgan fingerprint density at radius 1 is 1.22 bits per heavy atom. The molecule has 0 aliphatic rings. The quantitative estimate of drug-likeness (QED) is 0.677. The van der Waals surface area contributed by atoms with E-state index in [1.807, 2.05) is 31.2 Å². The number of nitrogens with zero attached hydrogens (tertiary/aromatic N) is 4. The van der Waals surface area contributed by atoms with E-state index in [2.05, 4.69) is 15.2 Å². The first kappa shape index (κ1) is 11.2. The molecule has 0 radical (unpaired) electrons. The highest BCUT2D eigenvalue weighted by Gasteiger charge is 2.17. The zero-order valence-corrected chi connectivity index (χ0v) is 11.0. The zero-order valence-electron chi connectivity index (χ0n) is 10.2. The van der Waals surface area contributed by atoms with Crippen LogP contribution in [-0.4, -0.2) is 19.6 Å². The molecule has 0 fully saturated rings. The SMILES string of the molecule is Cc1nc(Cl)c2nnc(-c3ccoc3C)n2c1C. The third kappa shape index (κ3) is 1.44. The van der Waals surface area contributed by atoms with Crippen molar-refractivity contribution >= 4 is 17.2 Å². The van der Waals surface area contributed by atoms with E-state index in [1.165, 1.54) is 0 Å². The van der Waals surface area contributed by atoms with Crippen molar-refractivity contribution in [2.45, 2.75) is 20.8 Å². The molecule has 18 heavy (non-hydrogen) atoms. The second-order valence-corrected chi connectivity index (χ2v) is 4.50. The van der Waals surface area contributed by atoms with Gasteiger partial charge >= 0.3 is 0 Å². The molecule has 0 unspecified atom stereocenters. The van der Waals surface area contributed by atoms with Crippen LogP contribution in [0.15, 0.2) is 16.7 Å². The molecule has 3 heterocycles. The van der Waals surface area contributed by atoms with Crippen molar-refractivity contribution in [3.8, 4) is 11.4 Å². The number of furan rings is 1. The van der Waals surface area contributed by atoms with Crippen LogP contribution in [0.1, 0.15) is 17.1 Å². The van der Waals surface area contributed by atoms with Gasteiger partial charge in [0, 0.05) is 5.69 Å². The van der Waals surface area contributed by atoms with Gasteiger partial charge in [0.25, 0.3) is 0 Å². The van der Waals surface area contributed by atoms with Gasteiger partial charge in [-0.15, -0.1) is 10.2 Å². The van der Waals surface area contributed by atoms with Crippen molar-refractivity contribution in [3.63, 3.8) is 0 Å². The molecule has 3 rings (SSSR count). The minimum atomic E-state index is 0.359. The molecule has 3 aromatic rings. The average Bonchev–Trinajstić information content (AvgIpc) is 2.91. The smallest absolute Gasteiger partial charge is 0.199 e. The van der Waals surface area contributed by atoms with Crippen LogP contribution in [0.3, 0.4) is 0 Å². The van der Waals surface area contributed by atoms with Crippen LogP contribution in [-0.2, 0) is 0 Å². The van der Waals surface area contributed by atoms with Crippen molar-refractivity contribution in [1.82, 2.24) is 19.6 Å². The summed E-state index contributed by atoms with van der Waals surface area (Å²) in [6.07, 6.45) is 1.64. The summed E-state index contributed by atoms with van der Waals surface area (Å²) in [4.78, 5) is 4.24. The molecule has 0 spiro atoms. The molecule has 0 aromatic carbocycles. The van der Waals surface area contributed by atoms with Crippen LogP contribution in [0.5, 0.6) is 0 Å². The van der Waals surface area contributed by atoms with Crippen molar-refractivity contribution in [1.29, 1.82) is 0 Å². The lowest BCUT2D eigenvalue weighted by atomic mass is 10.2. The summed E-state index contributed by atoms with van der Waals surface area (Å²) in [5.41, 5.74) is 3.30. The normalized spacial score (nSPS) is 11.3. The topological polar surface area (TPSA) is 56.2 Å². The fourth-order valence-corrected chi connectivity index (χ4v) is 2.22.